The average Bonchev–Trinajstić information content (AvgIpc) is 2.87. The Kier molecular flexibility index (Phi) is 3.91. The van der Waals surface area contributed by atoms with E-state index in [-0.39, 0.29) is 5.91 Å². The van der Waals surface area contributed by atoms with Crippen molar-refractivity contribution in [1.29, 1.82) is 0 Å². The van der Waals surface area contributed by atoms with Crippen molar-refractivity contribution in [2.24, 2.45) is 5.92 Å². The first-order valence-corrected chi connectivity index (χ1v) is 7.92. The number of rotatable bonds is 3. The number of aromatic amines is 1. The lowest BCUT2D eigenvalue weighted by molar-refractivity contribution is -0.130. The highest BCUT2D eigenvalue weighted by atomic mass is 32.2. The third-order valence-electron chi connectivity index (χ3n) is 3.58. The van der Waals surface area contributed by atoms with Gasteiger partial charge < -0.3 is 9.88 Å². The van der Waals surface area contributed by atoms with Crippen molar-refractivity contribution in [3.05, 3.63) is 18.3 Å². The van der Waals surface area contributed by atoms with Crippen LogP contribution in [0, 0.1) is 5.92 Å². The first kappa shape index (κ1) is 13.4. The minimum Gasteiger partial charge on any atom is -0.342 e. The molecule has 1 amide bonds. The third kappa shape index (κ3) is 2.95. The van der Waals surface area contributed by atoms with E-state index in [0.29, 0.717) is 17.3 Å². The first-order valence-electron chi connectivity index (χ1n) is 6.93. The highest BCUT2D eigenvalue weighted by molar-refractivity contribution is 7.99. The number of nitrogens with one attached hydrogen (secondary N) is 1. The molecule has 1 N–H and O–H groups in total. The lowest BCUT2D eigenvalue weighted by Crippen LogP contribution is -2.40. The van der Waals surface area contributed by atoms with E-state index in [1.54, 1.807) is 6.20 Å². The van der Waals surface area contributed by atoms with E-state index in [9.17, 15) is 4.79 Å². The number of piperidine rings is 1. The molecular weight excluding hydrogens is 272 g/mol. The van der Waals surface area contributed by atoms with Crippen molar-refractivity contribution in [1.82, 2.24) is 19.9 Å². The molecule has 2 aromatic rings. The van der Waals surface area contributed by atoms with E-state index in [1.165, 1.54) is 18.2 Å². The predicted octanol–water partition coefficient (Wildman–Crippen LogP) is 2.31. The Labute approximate surface area is 122 Å². The summed E-state index contributed by atoms with van der Waals surface area (Å²) in [6.45, 7) is 3.99. The van der Waals surface area contributed by atoms with Crippen molar-refractivity contribution >= 4 is 28.8 Å². The number of imidazole rings is 1. The van der Waals surface area contributed by atoms with Gasteiger partial charge in [0.25, 0.3) is 0 Å². The van der Waals surface area contributed by atoms with Crippen LogP contribution in [-0.2, 0) is 4.79 Å². The summed E-state index contributed by atoms with van der Waals surface area (Å²) in [7, 11) is 0. The Hall–Kier alpha value is -1.56. The normalized spacial score (nSPS) is 19.4. The number of carbonyl (C=O) groups excluding carboxylic acids is 1. The molecule has 3 heterocycles. The molecular formula is C14H18N4OS. The number of hydrogen-bond donors (Lipinski definition) is 1. The van der Waals surface area contributed by atoms with Crippen molar-refractivity contribution in [3.63, 3.8) is 0 Å². The van der Waals surface area contributed by atoms with Crippen LogP contribution in [0.3, 0.4) is 0 Å². The number of amides is 1. The molecule has 106 valence electrons. The van der Waals surface area contributed by atoms with Gasteiger partial charge >= 0.3 is 0 Å². The quantitative estimate of drug-likeness (QED) is 0.881. The van der Waals surface area contributed by atoms with Crippen LogP contribution in [0.4, 0.5) is 0 Å². The van der Waals surface area contributed by atoms with Crippen LogP contribution >= 0.6 is 11.8 Å². The number of aromatic nitrogens is 3. The summed E-state index contributed by atoms with van der Waals surface area (Å²) in [4.78, 5) is 25.9. The number of thioether (sulfide) groups is 1. The minimum absolute atomic E-state index is 0.204. The van der Waals surface area contributed by atoms with Gasteiger partial charge in [0.15, 0.2) is 10.8 Å². The van der Waals surface area contributed by atoms with Gasteiger partial charge in [-0.2, -0.15) is 0 Å². The number of likely N-dealkylation sites (tertiary alicyclic amines) is 1. The first-order chi connectivity index (χ1) is 9.72. The van der Waals surface area contributed by atoms with E-state index < -0.39 is 0 Å². The molecule has 0 unspecified atom stereocenters. The number of hydrogen-bond acceptors (Lipinski definition) is 4. The molecule has 20 heavy (non-hydrogen) atoms. The lowest BCUT2D eigenvalue weighted by Gasteiger charge is -2.30. The lowest BCUT2D eigenvalue weighted by atomic mass is 10.0. The summed E-state index contributed by atoms with van der Waals surface area (Å²) in [5, 5.41) is 0.761. The van der Waals surface area contributed by atoms with E-state index in [0.717, 1.165) is 30.2 Å². The van der Waals surface area contributed by atoms with Crippen molar-refractivity contribution in [2.45, 2.75) is 24.9 Å². The van der Waals surface area contributed by atoms with Crippen LogP contribution in [0.25, 0.3) is 11.2 Å². The fraction of sp³-hybridized carbons (Fsp3) is 0.500. The second-order valence-electron chi connectivity index (χ2n) is 5.29. The second kappa shape index (κ2) is 5.83. The Morgan fingerprint density at radius 2 is 2.50 bits per heavy atom. The third-order valence-corrected chi connectivity index (χ3v) is 4.44. The number of fused-ring (bicyclic) bond motifs is 1. The van der Waals surface area contributed by atoms with Gasteiger partial charge in [-0.3, -0.25) is 4.79 Å². The van der Waals surface area contributed by atoms with Crippen LogP contribution in [-0.4, -0.2) is 44.6 Å². The average molecular weight is 290 g/mol. The maximum atomic E-state index is 12.2. The minimum atomic E-state index is 0.204. The Morgan fingerprint density at radius 1 is 1.60 bits per heavy atom. The van der Waals surface area contributed by atoms with Gasteiger partial charge in [-0.05, 0) is 30.9 Å². The number of carbonyl (C=O) groups is 1. The van der Waals surface area contributed by atoms with Gasteiger partial charge in [0.1, 0.15) is 0 Å². The molecule has 0 bridgehead atoms. The van der Waals surface area contributed by atoms with E-state index in [2.05, 4.69) is 21.9 Å². The molecule has 1 aliphatic rings. The van der Waals surface area contributed by atoms with E-state index >= 15 is 0 Å². The fourth-order valence-corrected chi connectivity index (χ4v) is 3.30. The van der Waals surface area contributed by atoms with Gasteiger partial charge in [-0.15, -0.1) is 0 Å². The smallest absolute Gasteiger partial charge is 0.233 e. The summed E-state index contributed by atoms with van der Waals surface area (Å²) < 4.78 is 0. The molecule has 1 saturated heterocycles. The van der Waals surface area contributed by atoms with Crippen LogP contribution in [0.2, 0.25) is 0 Å². The van der Waals surface area contributed by atoms with Crippen LogP contribution < -0.4 is 0 Å². The Bertz CT molecular complexity index is 579. The van der Waals surface area contributed by atoms with E-state index in [4.69, 9.17) is 0 Å². The molecule has 2 aromatic heterocycles. The largest absolute Gasteiger partial charge is 0.342 e. The zero-order valence-electron chi connectivity index (χ0n) is 11.5. The molecule has 3 rings (SSSR count). The van der Waals surface area contributed by atoms with Gasteiger partial charge in [0, 0.05) is 19.3 Å². The molecule has 0 saturated carbocycles. The van der Waals surface area contributed by atoms with Gasteiger partial charge in [0.05, 0.1) is 11.3 Å². The highest BCUT2D eigenvalue weighted by Crippen LogP contribution is 2.20. The molecule has 0 radical (unpaired) electrons. The summed E-state index contributed by atoms with van der Waals surface area (Å²) in [5.74, 6) is 1.26. The van der Waals surface area contributed by atoms with Crippen LogP contribution in [0.15, 0.2) is 23.5 Å². The fourth-order valence-electron chi connectivity index (χ4n) is 2.53. The Balaban J connectivity index is 1.59. The molecule has 0 aromatic carbocycles. The van der Waals surface area contributed by atoms with E-state index in [1.807, 2.05) is 17.0 Å². The molecule has 6 heteroatoms. The second-order valence-corrected chi connectivity index (χ2v) is 6.26. The molecule has 0 aliphatic carbocycles. The molecule has 5 nitrogen and oxygen atoms in total. The van der Waals surface area contributed by atoms with Crippen LogP contribution in [0.1, 0.15) is 19.8 Å². The topological polar surface area (TPSA) is 61.9 Å². The van der Waals surface area contributed by atoms with Gasteiger partial charge in [0.2, 0.25) is 5.91 Å². The van der Waals surface area contributed by atoms with Crippen LogP contribution in [0.5, 0.6) is 0 Å². The molecule has 1 aliphatic heterocycles. The zero-order chi connectivity index (χ0) is 13.9. The summed E-state index contributed by atoms with van der Waals surface area (Å²) in [6, 6.07) is 3.81. The number of pyridine rings is 1. The van der Waals surface area contributed by atoms with Crippen molar-refractivity contribution < 1.29 is 4.79 Å². The predicted molar refractivity (Wildman–Crippen MR) is 79.6 cm³/mol. The zero-order valence-corrected chi connectivity index (χ0v) is 12.3. The van der Waals surface area contributed by atoms with Crippen molar-refractivity contribution in [2.75, 3.05) is 18.8 Å². The highest BCUT2D eigenvalue weighted by Gasteiger charge is 2.21. The molecule has 0 spiro atoms. The monoisotopic (exact) mass is 290 g/mol. The van der Waals surface area contributed by atoms with Crippen molar-refractivity contribution in [3.8, 4) is 0 Å². The summed E-state index contributed by atoms with van der Waals surface area (Å²) in [6.07, 6.45) is 4.07. The number of H-pyrrole nitrogens is 1. The van der Waals surface area contributed by atoms with Gasteiger partial charge in [-0.25, -0.2) is 9.97 Å². The standard InChI is InChI=1S/C14H18N4OS/c1-10-4-3-7-18(8-10)12(19)9-20-14-16-11-5-2-6-15-13(11)17-14/h2,5-6,10H,3-4,7-9H2,1H3,(H,15,16,17)/t10-/m1/s1. The maximum absolute atomic E-state index is 12.2. The number of nitrogens with zero attached hydrogens (tertiary/aromatic N) is 3. The summed E-state index contributed by atoms with van der Waals surface area (Å²) in [5.41, 5.74) is 1.61. The summed E-state index contributed by atoms with van der Waals surface area (Å²) >= 11 is 1.45. The van der Waals surface area contributed by atoms with Gasteiger partial charge in [-0.1, -0.05) is 18.7 Å². The SMILES string of the molecule is C[C@@H]1CCCN(C(=O)CSc2nc3ncccc3[nH]2)C1. The molecule has 1 fully saturated rings. The Morgan fingerprint density at radius 3 is 3.30 bits per heavy atom. The maximum Gasteiger partial charge on any atom is 0.233 e. The molecule has 1 atom stereocenters.